The number of ether oxygens (including phenoxy) is 3. The highest BCUT2D eigenvalue weighted by molar-refractivity contribution is 7.13. The maximum Gasteiger partial charge on any atom is 0.312 e. The third-order valence-corrected chi connectivity index (χ3v) is 5.33. The summed E-state index contributed by atoms with van der Waals surface area (Å²) >= 11 is 7.16. The van der Waals surface area contributed by atoms with Crippen LogP contribution in [0.2, 0.25) is 5.02 Å². The van der Waals surface area contributed by atoms with Crippen LogP contribution >= 0.6 is 22.9 Å². The minimum atomic E-state index is -0.992. The highest BCUT2D eigenvalue weighted by atomic mass is 35.5. The second-order valence-corrected chi connectivity index (χ2v) is 7.67. The Morgan fingerprint density at radius 2 is 1.94 bits per heavy atom. The molecular weight excluding hydrogens is 442 g/mol. The number of amides is 1. The van der Waals surface area contributed by atoms with E-state index in [-0.39, 0.29) is 6.42 Å². The highest BCUT2D eigenvalue weighted by Gasteiger charge is 2.20. The van der Waals surface area contributed by atoms with Crippen LogP contribution in [-0.2, 0) is 20.7 Å². The Kier molecular flexibility index (Phi) is 7.43. The molecule has 162 valence electrons. The Labute approximate surface area is 188 Å². The largest absolute Gasteiger partial charge is 0.493 e. The van der Waals surface area contributed by atoms with Crippen LogP contribution in [0.4, 0.5) is 5.82 Å². The van der Waals surface area contributed by atoms with Gasteiger partial charge in [0.1, 0.15) is 10.8 Å². The zero-order valence-corrected chi connectivity index (χ0v) is 18.6. The van der Waals surface area contributed by atoms with Crippen molar-refractivity contribution in [2.75, 3.05) is 19.5 Å². The molecule has 1 amide bonds. The van der Waals surface area contributed by atoms with Gasteiger partial charge < -0.3 is 19.5 Å². The van der Waals surface area contributed by atoms with Crippen LogP contribution < -0.4 is 14.8 Å². The molecule has 0 saturated carbocycles. The molecule has 2 aromatic heterocycles. The van der Waals surface area contributed by atoms with Gasteiger partial charge in [-0.1, -0.05) is 11.6 Å². The Balaban J connectivity index is 1.58. The van der Waals surface area contributed by atoms with Gasteiger partial charge >= 0.3 is 5.97 Å². The van der Waals surface area contributed by atoms with Crippen molar-refractivity contribution < 1.29 is 23.8 Å². The number of esters is 1. The molecule has 31 heavy (non-hydrogen) atoms. The number of aromatic nitrogens is 2. The topological polar surface area (TPSA) is 99.6 Å². The maximum absolute atomic E-state index is 12.2. The van der Waals surface area contributed by atoms with Crippen LogP contribution in [0.15, 0.2) is 41.9 Å². The van der Waals surface area contributed by atoms with E-state index >= 15 is 0 Å². The quantitative estimate of drug-likeness (QED) is 0.506. The fourth-order valence-electron chi connectivity index (χ4n) is 2.61. The molecular formula is C21H20ClN3O5S. The first kappa shape index (κ1) is 22.5. The number of nitrogens with one attached hydrogen (secondary N) is 1. The number of carbonyl (C=O) groups excluding carboxylic acids is 2. The third-order valence-electron chi connectivity index (χ3n) is 4.16. The molecule has 8 nitrogen and oxygen atoms in total. The van der Waals surface area contributed by atoms with E-state index in [2.05, 4.69) is 15.3 Å². The van der Waals surface area contributed by atoms with E-state index in [4.69, 9.17) is 25.8 Å². The molecule has 1 N–H and O–H groups in total. The van der Waals surface area contributed by atoms with E-state index in [9.17, 15) is 9.59 Å². The predicted molar refractivity (Wildman–Crippen MR) is 118 cm³/mol. The third kappa shape index (κ3) is 5.93. The molecule has 1 aromatic carbocycles. The SMILES string of the molecule is COc1ccc(-c2nc(CC(=O)OC(C)C(=O)Nc3ccc(Cl)cn3)cs2)cc1OC. The van der Waals surface area contributed by atoms with Crippen molar-refractivity contribution in [2.24, 2.45) is 0 Å². The highest BCUT2D eigenvalue weighted by Crippen LogP contribution is 2.33. The van der Waals surface area contributed by atoms with Gasteiger partial charge in [0.2, 0.25) is 0 Å². The van der Waals surface area contributed by atoms with Gasteiger partial charge in [-0.15, -0.1) is 11.3 Å². The summed E-state index contributed by atoms with van der Waals surface area (Å²) in [6.45, 7) is 1.49. The second-order valence-electron chi connectivity index (χ2n) is 6.37. The summed E-state index contributed by atoms with van der Waals surface area (Å²) in [7, 11) is 3.13. The van der Waals surface area contributed by atoms with E-state index < -0.39 is 18.0 Å². The van der Waals surface area contributed by atoms with Gasteiger partial charge in [-0.25, -0.2) is 9.97 Å². The molecule has 3 rings (SSSR count). The summed E-state index contributed by atoms with van der Waals surface area (Å²) in [6, 6.07) is 8.62. The number of methoxy groups -OCH3 is 2. The number of benzene rings is 1. The minimum Gasteiger partial charge on any atom is -0.493 e. The summed E-state index contributed by atoms with van der Waals surface area (Å²) in [4.78, 5) is 32.9. The normalized spacial score (nSPS) is 11.5. The van der Waals surface area contributed by atoms with E-state index in [0.29, 0.717) is 28.0 Å². The van der Waals surface area contributed by atoms with E-state index in [1.807, 2.05) is 12.1 Å². The summed E-state index contributed by atoms with van der Waals surface area (Å²) in [5, 5.41) is 5.51. The molecule has 10 heteroatoms. The van der Waals surface area contributed by atoms with Crippen molar-refractivity contribution >= 4 is 40.6 Å². The van der Waals surface area contributed by atoms with Crippen LogP contribution in [-0.4, -0.2) is 42.2 Å². The molecule has 1 atom stereocenters. The van der Waals surface area contributed by atoms with E-state index in [1.54, 1.807) is 37.8 Å². The first-order valence-electron chi connectivity index (χ1n) is 9.18. The van der Waals surface area contributed by atoms with Gasteiger partial charge in [0.15, 0.2) is 17.6 Å². The number of thiazole rings is 1. The molecule has 0 saturated heterocycles. The van der Waals surface area contributed by atoms with Crippen LogP contribution in [0.1, 0.15) is 12.6 Å². The first-order valence-corrected chi connectivity index (χ1v) is 10.4. The molecule has 3 aromatic rings. The van der Waals surface area contributed by atoms with Gasteiger partial charge in [0, 0.05) is 17.1 Å². The Hall–Kier alpha value is -3.17. The van der Waals surface area contributed by atoms with Crippen molar-refractivity contribution in [3.63, 3.8) is 0 Å². The second kappa shape index (κ2) is 10.2. The molecule has 0 fully saturated rings. The zero-order chi connectivity index (χ0) is 22.4. The Bertz CT molecular complexity index is 1070. The molecule has 0 aliphatic rings. The zero-order valence-electron chi connectivity index (χ0n) is 17.0. The lowest BCUT2D eigenvalue weighted by Gasteiger charge is -2.12. The van der Waals surface area contributed by atoms with E-state index in [0.717, 1.165) is 10.6 Å². The number of rotatable bonds is 8. The van der Waals surface area contributed by atoms with Gasteiger partial charge in [0.05, 0.1) is 31.4 Å². The fraction of sp³-hybridized carbons (Fsp3) is 0.238. The average molecular weight is 462 g/mol. The summed E-state index contributed by atoms with van der Waals surface area (Å²) < 4.78 is 15.8. The average Bonchev–Trinajstić information content (AvgIpc) is 3.22. The molecule has 0 aliphatic heterocycles. The minimum absolute atomic E-state index is 0.0550. The fourth-order valence-corrected chi connectivity index (χ4v) is 3.54. The smallest absolute Gasteiger partial charge is 0.312 e. The van der Waals surface area contributed by atoms with Crippen molar-refractivity contribution in [1.29, 1.82) is 0 Å². The number of carbonyl (C=O) groups is 2. The van der Waals surface area contributed by atoms with Gasteiger partial charge in [0.25, 0.3) is 5.91 Å². The van der Waals surface area contributed by atoms with Gasteiger partial charge in [-0.2, -0.15) is 0 Å². The molecule has 0 aliphatic carbocycles. The van der Waals surface area contributed by atoms with Crippen molar-refractivity contribution in [3.05, 3.63) is 52.6 Å². The summed E-state index contributed by atoms with van der Waals surface area (Å²) in [6.07, 6.45) is 0.362. The summed E-state index contributed by atoms with van der Waals surface area (Å²) in [5.41, 5.74) is 1.39. The standard InChI is InChI=1S/C21H20ClN3O5S/c1-12(20(27)25-18-7-5-14(22)10-23-18)30-19(26)9-15-11-31-21(24-15)13-4-6-16(28-2)17(8-13)29-3/h4-8,10-12H,9H2,1-3H3,(H,23,25,27). The number of pyridine rings is 1. The van der Waals surface area contributed by atoms with Gasteiger partial charge in [-0.05, 0) is 37.3 Å². The molecule has 0 spiro atoms. The van der Waals surface area contributed by atoms with Crippen molar-refractivity contribution in [1.82, 2.24) is 9.97 Å². The number of anilines is 1. The van der Waals surface area contributed by atoms with Crippen LogP contribution in [0.5, 0.6) is 11.5 Å². The van der Waals surface area contributed by atoms with Crippen LogP contribution in [0.3, 0.4) is 0 Å². The van der Waals surface area contributed by atoms with Crippen molar-refractivity contribution in [2.45, 2.75) is 19.4 Å². The predicted octanol–water partition coefficient (Wildman–Crippen LogP) is 3.99. The van der Waals surface area contributed by atoms with Gasteiger partial charge in [-0.3, -0.25) is 9.59 Å². The lowest BCUT2D eigenvalue weighted by Crippen LogP contribution is -2.30. The number of nitrogens with zero attached hydrogens (tertiary/aromatic N) is 2. The summed E-state index contributed by atoms with van der Waals surface area (Å²) in [5.74, 6) is 0.471. The van der Waals surface area contributed by atoms with Crippen molar-refractivity contribution in [3.8, 4) is 22.1 Å². The lowest BCUT2D eigenvalue weighted by atomic mass is 10.2. The Morgan fingerprint density at radius 1 is 1.16 bits per heavy atom. The lowest BCUT2D eigenvalue weighted by molar-refractivity contribution is -0.152. The molecule has 1 unspecified atom stereocenters. The van der Waals surface area contributed by atoms with Crippen LogP contribution in [0, 0.1) is 0 Å². The monoisotopic (exact) mass is 461 g/mol. The first-order chi connectivity index (χ1) is 14.9. The van der Waals surface area contributed by atoms with Crippen LogP contribution in [0.25, 0.3) is 10.6 Å². The number of halogens is 1. The molecule has 0 radical (unpaired) electrons. The number of hydrogen-bond acceptors (Lipinski definition) is 8. The number of hydrogen-bond donors (Lipinski definition) is 1. The molecule has 0 bridgehead atoms. The van der Waals surface area contributed by atoms with E-state index in [1.165, 1.54) is 24.5 Å². The molecule has 2 heterocycles. The Morgan fingerprint density at radius 3 is 2.61 bits per heavy atom. The maximum atomic E-state index is 12.2.